The van der Waals surface area contributed by atoms with E-state index in [1.807, 2.05) is 31.2 Å². The smallest absolute Gasteiger partial charge is 0.336 e. The van der Waals surface area contributed by atoms with Crippen LogP contribution in [0.3, 0.4) is 0 Å². The van der Waals surface area contributed by atoms with E-state index in [2.05, 4.69) is 0 Å². The average molecular weight is 270 g/mol. The van der Waals surface area contributed by atoms with Crippen molar-refractivity contribution in [1.82, 2.24) is 0 Å². The summed E-state index contributed by atoms with van der Waals surface area (Å²) >= 11 is 0. The van der Waals surface area contributed by atoms with E-state index in [0.29, 0.717) is 11.1 Å². The highest BCUT2D eigenvalue weighted by molar-refractivity contribution is 6.20. The Hall–Kier alpha value is -2.42. The number of carbonyl (C=O) groups is 1. The third-order valence-corrected chi connectivity index (χ3v) is 3.10. The molecule has 102 valence electrons. The molecule has 0 saturated heterocycles. The van der Waals surface area contributed by atoms with E-state index in [9.17, 15) is 14.3 Å². The largest absolute Gasteiger partial charge is 0.478 e. The predicted octanol–water partition coefficient (Wildman–Crippen LogP) is 4.07. The predicted molar refractivity (Wildman–Crippen MR) is 77.8 cm³/mol. The molecule has 0 bridgehead atoms. The molecule has 0 saturated carbocycles. The SMILES string of the molecule is Cc1ccc(/C=C(\C(=O)O)c2ccc(C)c(F)c2)cc1. The zero-order chi connectivity index (χ0) is 14.7. The molecular formula is C17H15FO2. The molecule has 0 unspecified atom stereocenters. The number of hydrogen-bond donors (Lipinski definition) is 1. The molecule has 0 fully saturated rings. The summed E-state index contributed by atoms with van der Waals surface area (Å²) in [6.45, 7) is 3.60. The summed E-state index contributed by atoms with van der Waals surface area (Å²) < 4.78 is 13.6. The highest BCUT2D eigenvalue weighted by Crippen LogP contribution is 2.21. The molecule has 3 heteroatoms. The van der Waals surface area contributed by atoms with E-state index in [1.165, 1.54) is 6.07 Å². The zero-order valence-electron chi connectivity index (χ0n) is 11.4. The quantitative estimate of drug-likeness (QED) is 0.674. The topological polar surface area (TPSA) is 37.3 Å². The minimum absolute atomic E-state index is 0.0766. The molecule has 0 spiro atoms. The first-order valence-corrected chi connectivity index (χ1v) is 6.25. The van der Waals surface area contributed by atoms with E-state index in [-0.39, 0.29) is 5.57 Å². The number of hydrogen-bond acceptors (Lipinski definition) is 1. The van der Waals surface area contributed by atoms with Crippen LogP contribution in [0.2, 0.25) is 0 Å². The zero-order valence-corrected chi connectivity index (χ0v) is 11.4. The highest BCUT2D eigenvalue weighted by atomic mass is 19.1. The van der Waals surface area contributed by atoms with Gasteiger partial charge in [-0.2, -0.15) is 0 Å². The number of aryl methyl sites for hydroxylation is 2. The van der Waals surface area contributed by atoms with Crippen molar-refractivity contribution in [1.29, 1.82) is 0 Å². The van der Waals surface area contributed by atoms with Crippen LogP contribution in [0.1, 0.15) is 22.3 Å². The van der Waals surface area contributed by atoms with Gasteiger partial charge in [0.05, 0.1) is 5.57 Å². The first-order chi connectivity index (χ1) is 9.47. The van der Waals surface area contributed by atoms with Gasteiger partial charge in [-0.3, -0.25) is 0 Å². The molecule has 1 N–H and O–H groups in total. The van der Waals surface area contributed by atoms with Crippen LogP contribution in [0, 0.1) is 19.7 Å². The maximum Gasteiger partial charge on any atom is 0.336 e. The van der Waals surface area contributed by atoms with Crippen LogP contribution in [-0.2, 0) is 4.79 Å². The summed E-state index contributed by atoms with van der Waals surface area (Å²) in [5.41, 5.74) is 2.80. The molecule has 2 aromatic rings. The minimum atomic E-state index is -1.08. The van der Waals surface area contributed by atoms with Crippen molar-refractivity contribution in [3.63, 3.8) is 0 Å². The van der Waals surface area contributed by atoms with Gasteiger partial charge in [-0.05, 0) is 42.7 Å². The molecule has 0 aliphatic heterocycles. The highest BCUT2D eigenvalue weighted by Gasteiger charge is 2.12. The summed E-state index contributed by atoms with van der Waals surface area (Å²) in [5, 5.41) is 9.31. The van der Waals surface area contributed by atoms with Crippen LogP contribution in [0.5, 0.6) is 0 Å². The lowest BCUT2D eigenvalue weighted by Crippen LogP contribution is -2.00. The molecule has 2 nitrogen and oxygen atoms in total. The van der Waals surface area contributed by atoms with E-state index >= 15 is 0 Å². The number of carboxylic acid groups (broad SMARTS) is 1. The fraction of sp³-hybridized carbons (Fsp3) is 0.118. The van der Waals surface area contributed by atoms with Gasteiger partial charge in [0.25, 0.3) is 0 Å². The lowest BCUT2D eigenvalue weighted by Gasteiger charge is -2.05. The lowest BCUT2D eigenvalue weighted by atomic mass is 10.0. The van der Waals surface area contributed by atoms with Crippen LogP contribution < -0.4 is 0 Å². The molecule has 2 rings (SSSR count). The Bertz CT molecular complexity index is 670. The van der Waals surface area contributed by atoms with E-state index < -0.39 is 11.8 Å². The van der Waals surface area contributed by atoms with Gasteiger partial charge in [0, 0.05) is 0 Å². The van der Waals surface area contributed by atoms with Gasteiger partial charge in [0.1, 0.15) is 5.82 Å². The number of aliphatic carboxylic acids is 1. The molecule has 20 heavy (non-hydrogen) atoms. The Kier molecular flexibility index (Phi) is 3.99. The summed E-state index contributed by atoms with van der Waals surface area (Å²) in [6, 6.07) is 11.9. The number of carboxylic acids is 1. The van der Waals surface area contributed by atoms with Crippen molar-refractivity contribution in [3.8, 4) is 0 Å². The van der Waals surface area contributed by atoms with Crippen molar-refractivity contribution < 1.29 is 14.3 Å². The second-order valence-corrected chi connectivity index (χ2v) is 4.74. The van der Waals surface area contributed by atoms with E-state index in [4.69, 9.17) is 0 Å². The Morgan fingerprint density at radius 3 is 2.30 bits per heavy atom. The molecular weight excluding hydrogens is 255 g/mol. The first-order valence-electron chi connectivity index (χ1n) is 6.25. The second-order valence-electron chi connectivity index (χ2n) is 4.74. The monoisotopic (exact) mass is 270 g/mol. The van der Waals surface area contributed by atoms with Gasteiger partial charge < -0.3 is 5.11 Å². The molecule has 0 aliphatic rings. The van der Waals surface area contributed by atoms with Crippen molar-refractivity contribution in [2.45, 2.75) is 13.8 Å². The van der Waals surface area contributed by atoms with E-state index in [0.717, 1.165) is 11.1 Å². The van der Waals surface area contributed by atoms with Crippen molar-refractivity contribution in [3.05, 3.63) is 70.5 Å². The van der Waals surface area contributed by atoms with Gasteiger partial charge >= 0.3 is 5.97 Å². The molecule has 0 heterocycles. The third kappa shape index (κ3) is 3.12. The Morgan fingerprint density at radius 2 is 1.75 bits per heavy atom. The van der Waals surface area contributed by atoms with Crippen molar-refractivity contribution >= 4 is 17.6 Å². The fourth-order valence-electron chi connectivity index (χ4n) is 1.86. The third-order valence-electron chi connectivity index (χ3n) is 3.10. The maximum atomic E-state index is 13.6. The summed E-state index contributed by atoms with van der Waals surface area (Å²) in [6.07, 6.45) is 1.55. The van der Waals surface area contributed by atoms with Gasteiger partial charge in [0.2, 0.25) is 0 Å². The molecule has 0 aliphatic carbocycles. The summed E-state index contributed by atoms with van der Waals surface area (Å²) in [7, 11) is 0. The molecule has 2 aromatic carbocycles. The number of halogens is 1. The normalized spacial score (nSPS) is 11.4. The van der Waals surface area contributed by atoms with Crippen LogP contribution in [0.4, 0.5) is 4.39 Å². The summed E-state index contributed by atoms with van der Waals surface area (Å²) in [4.78, 5) is 11.4. The van der Waals surface area contributed by atoms with E-state index in [1.54, 1.807) is 25.1 Å². The Balaban J connectivity index is 2.48. The lowest BCUT2D eigenvalue weighted by molar-refractivity contribution is -0.130. The molecule has 0 atom stereocenters. The number of benzene rings is 2. The minimum Gasteiger partial charge on any atom is -0.478 e. The van der Waals surface area contributed by atoms with Crippen molar-refractivity contribution in [2.24, 2.45) is 0 Å². The van der Waals surface area contributed by atoms with Crippen molar-refractivity contribution in [2.75, 3.05) is 0 Å². The summed E-state index contributed by atoms with van der Waals surface area (Å²) in [5.74, 6) is -1.48. The first kappa shape index (κ1) is 14.0. The van der Waals surface area contributed by atoms with Crippen LogP contribution in [0.25, 0.3) is 11.6 Å². The van der Waals surface area contributed by atoms with Gasteiger partial charge in [-0.25, -0.2) is 9.18 Å². The van der Waals surface area contributed by atoms with Gasteiger partial charge in [-0.15, -0.1) is 0 Å². The van der Waals surface area contributed by atoms with Crippen LogP contribution >= 0.6 is 0 Å². The van der Waals surface area contributed by atoms with Gasteiger partial charge in [-0.1, -0.05) is 42.0 Å². The van der Waals surface area contributed by atoms with Crippen LogP contribution in [-0.4, -0.2) is 11.1 Å². The average Bonchev–Trinajstić information content (AvgIpc) is 2.41. The fourth-order valence-corrected chi connectivity index (χ4v) is 1.86. The molecule has 0 aromatic heterocycles. The van der Waals surface area contributed by atoms with Crippen LogP contribution in [0.15, 0.2) is 42.5 Å². The Morgan fingerprint density at radius 1 is 1.10 bits per heavy atom. The second kappa shape index (κ2) is 5.70. The number of rotatable bonds is 3. The Labute approximate surface area is 117 Å². The van der Waals surface area contributed by atoms with Gasteiger partial charge in [0.15, 0.2) is 0 Å². The molecule has 0 amide bonds. The standard InChI is InChI=1S/C17H15FO2/c1-11-3-6-13(7-4-11)9-15(17(19)20)14-8-5-12(2)16(18)10-14/h3-10H,1-2H3,(H,19,20)/b15-9-. The molecule has 0 radical (unpaired) electrons. The maximum absolute atomic E-state index is 13.6.